The number of likely N-dealkylation sites (tertiary alicyclic amines) is 1. The highest BCUT2D eigenvalue weighted by Gasteiger charge is 2.26. The predicted molar refractivity (Wildman–Crippen MR) is 83.6 cm³/mol. The Morgan fingerprint density at radius 3 is 2.55 bits per heavy atom. The van der Waals surface area contributed by atoms with Crippen molar-refractivity contribution in [3.63, 3.8) is 0 Å². The molecule has 22 heavy (non-hydrogen) atoms. The lowest BCUT2D eigenvalue weighted by molar-refractivity contribution is -0.129. The van der Waals surface area contributed by atoms with Gasteiger partial charge in [-0.2, -0.15) is 0 Å². The molecule has 1 aromatic carbocycles. The van der Waals surface area contributed by atoms with Crippen molar-refractivity contribution in [2.75, 3.05) is 25.9 Å². The van der Waals surface area contributed by atoms with Crippen LogP contribution in [0.3, 0.4) is 0 Å². The van der Waals surface area contributed by atoms with Gasteiger partial charge in [0.05, 0.1) is 19.4 Å². The Kier molecular flexibility index (Phi) is 5.55. The molecule has 0 spiro atoms. The molecular weight excluding hydrogens is 304 g/mol. The molecule has 0 radical (unpaired) electrons. The summed E-state index contributed by atoms with van der Waals surface area (Å²) in [6.45, 7) is 1.20. The molecule has 0 aromatic heterocycles. The maximum atomic E-state index is 11.9. The monoisotopic (exact) mass is 326 g/mol. The molecule has 122 valence electrons. The first kappa shape index (κ1) is 16.9. The second-order valence-electron chi connectivity index (χ2n) is 5.77. The van der Waals surface area contributed by atoms with Gasteiger partial charge in [0, 0.05) is 13.1 Å². The quantitative estimate of drug-likeness (QED) is 0.777. The Bertz CT molecular complexity index is 613. The summed E-state index contributed by atoms with van der Waals surface area (Å²) in [5.41, 5.74) is 2.07. The van der Waals surface area contributed by atoms with E-state index in [2.05, 4.69) is 4.72 Å². The Morgan fingerprint density at radius 2 is 1.95 bits per heavy atom. The summed E-state index contributed by atoms with van der Waals surface area (Å²) >= 11 is 0. The van der Waals surface area contributed by atoms with Crippen molar-refractivity contribution in [3.8, 4) is 0 Å². The van der Waals surface area contributed by atoms with Crippen LogP contribution < -0.4 is 4.72 Å². The van der Waals surface area contributed by atoms with E-state index in [4.69, 9.17) is 5.11 Å². The SMILES string of the molecule is CS(=O)(=O)NCC(=O)N1CCC(Cc2ccc(CO)cc2)C1. The first-order valence-electron chi connectivity index (χ1n) is 7.28. The Balaban J connectivity index is 1.83. The number of nitrogens with zero attached hydrogens (tertiary/aromatic N) is 1. The minimum absolute atomic E-state index is 0.0410. The van der Waals surface area contributed by atoms with Crippen molar-refractivity contribution in [2.24, 2.45) is 5.92 Å². The molecular formula is C15H22N2O4S. The van der Waals surface area contributed by atoms with E-state index in [0.717, 1.165) is 24.7 Å². The molecule has 1 saturated heterocycles. The van der Waals surface area contributed by atoms with Crippen molar-refractivity contribution < 1.29 is 18.3 Å². The van der Waals surface area contributed by atoms with Gasteiger partial charge in [0.15, 0.2) is 0 Å². The number of carbonyl (C=O) groups excluding carboxylic acids is 1. The van der Waals surface area contributed by atoms with Crippen LogP contribution in [-0.2, 0) is 27.8 Å². The number of aliphatic hydroxyl groups excluding tert-OH is 1. The lowest BCUT2D eigenvalue weighted by Gasteiger charge is -2.16. The number of hydrogen-bond acceptors (Lipinski definition) is 4. The number of carbonyl (C=O) groups is 1. The van der Waals surface area contributed by atoms with Crippen LogP contribution in [0, 0.1) is 5.92 Å². The molecule has 1 heterocycles. The van der Waals surface area contributed by atoms with Gasteiger partial charge in [0.1, 0.15) is 0 Å². The fraction of sp³-hybridized carbons (Fsp3) is 0.533. The van der Waals surface area contributed by atoms with Gasteiger partial charge < -0.3 is 10.0 Å². The van der Waals surface area contributed by atoms with Crippen LogP contribution in [0.25, 0.3) is 0 Å². The van der Waals surface area contributed by atoms with E-state index < -0.39 is 10.0 Å². The largest absolute Gasteiger partial charge is 0.392 e. The molecule has 0 aliphatic carbocycles. The fourth-order valence-electron chi connectivity index (χ4n) is 2.64. The Morgan fingerprint density at radius 1 is 1.32 bits per heavy atom. The molecule has 1 aromatic rings. The third-order valence-corrected chi connectivity index (χ3v) is 4.52. The minimum Gasteiger partial charge on any atom is -0.392 e. The van der Waals surface area contributed by atoms with Crippen molar-refractivity contribution in [3.05, 3.63) is 35.4 Å². The van der Waals surface area contributed by atoms with Crippen molar-refractivity contribution in [1.82, 2.24) is 9.62 Å². The highest BCUT2D eigenvalue weighted by molar-refractivity contribution is 7.88. The zero-order valence-corrected chi connectivity index (χ0v) is 13.5. The van der Waals surface area contributed by atoms with E-state index in [1.807, 2.05) is 24.3 Å². The molecule has 1 aliphatic rings. The van der Waals surface area contributed by atoms with E-state index in [9.17, 15) is 13.2 Å². The molecule has 6 nitrogen and oxygen atoms in total. The molecule has 0 saturated carbocycles. The van der Waals surface area contributed by atoms with Crippen LogP contribution in [0.15, 0.2) is 24.3 Å². The third-order valence-electron chi connectivity index (χ3n) is 3.85. The van der Waals surface area contributed by atoms with Crippen molar-refractivity contribution in [1.29, 1.82) is 0 Å². The van der Waals surface area contributed by atoms with Crippen LogP contribution in [0.1, 0.15) is 17.5 Å². The fourth-order valence-corrected chi connectivity index (χ4v) is 3.03. The number of sulfonamides is 1. The maximum Gasteiger partial charge on any atom is 0.237 e. The van der Waals surface area contributed by atoms with Crippen LogP contribution in [0.2, 0.25) is 0 Å². The first-order valence-corrected chi connectivity index (χ1v) is 9.17. The van der Waals surface area contributed by atoms with Gasteiger partial charge in [-0.25, -0.2) is 13.1 Å². The zero-order valence-electron chi connectivity index (χ0n) is 12.7. The molecule has 1 atom stereocenters. The second kappa shape index (κ2) is 7.21. The molecule has 1 amide bonds. The molecule has 1 fully saturated rings. The number of rotatable bonds is 6. The van der Waals surface area contributed by atoms with E-state index in [-0.39, 0.29) is 19.1 Å². The molecule has 1 aliphatic heterocycles. The van der Waals surface area contributed by atoms with E-state index in [1.54, 1.807) is 4.90 Å². The normalized spacial score (nSPS) is 18.6. The summed E-state index contributed by atoms with van der Waals surface area (Å²) in [5.74, 6) is 0.214. The average molecular weight is 326 g/mol. The van der Waals surface area contributed by atoms with Gasteiger partial charge in [-0.3, -0.25) is 4.79 Å². The summed E-state index contributed by atoms with van der Waals surface area (Å²) in [6, 6.07) is 7.81. The lowest BCUT2D eigenvalue weighted by Crippen LogP contribution is -2.38. The number of nitrogens with one attached hydrogen (secondary N) is 1. The molecule has 2 N–H and O–H groups in total. The molecule has 2 rings (SSSR count). The summed E-state index contributed by atoms with van der Waals surface area (Å²) in [4.78, 5) is 13.7. The summed E-state index contributed by atoms with van der Waals surface area (Å²) < 4.78 is 24.3. The number of hydrogen-bond donors (Lipinski definition) is 2. The van der Waals surface area contributed by atoms with Crippen LogP contribution in [-0.4, -0.2) is 50.2 Å². The second-order valence-corrected chi connectivity index (χ2v) is 7.60. The van der Waals surface area contributed by atoms with Gasteiger partial charge in [-0.05, 0) is 29.9 Å². The zero-order chi connectivity index (χ0) is 16.2. The van der Waals surface area contributed by atoms with Gasteiger partial charge in [-0.1, -0.05) is 24.3 Å². The standard InChI is InChI=1S/C15H22N2O4S/c1-22(20,21)16-9-15(19)17-7-6-14(10-17)8-12-2-4-13(11-18)5-3-12/h2-5,14,16,18H,6-11H2,1H3. The predicted octanol–water partition coefficient (Wildman–Crippen LogP) is 0.119. The average Bonchev–Trinajstić information content (AvgIpc) is 2.93. The van der Waals surface area contributed by atoms with E-state index >= 15 is 0 Å². The molecule has 7 heteroatoms. The maximum absolute atomic E-state index is 11.9. The highest BCUT2D eigenvalue weighted by Crippen LogP contribution is 2.21. The number of aliphatic hydroxyl groups is 1. The minimum atomic E-state index is -3.34. The lowest BCUT2D eigenvalue weighted by atomic mass is 9.98. The Labute approximate surface area is 131 Å². The van der Waals surface area contributed by atoms with Gasteiger partial charge >= 0.3 is 0 Å². The number of amides is 1. The van der Waals surface area contributed by atoms with Crippen LogP contribution in [0.4, 0.5) is 0 Å². The number of benzene rings is 1. The van der Waals surface area contributed by atoms with Crippen LogP contribution >= 0.6 is 0 Å². The van der Waals surface area contributed by atoms with Gasteiger partial charge in [-0.15, -0.1) is 0 Å². The van der Waals surface area contributed by atoms with E-state index in [0.29, 0.717) is 19.0 Å². The Hall–Kier alpha value is -1.44. The molecule has 1 unspecified atom stereocenters. The van der Waals surface area contributed by atoms with Crippen molar-refractivity contribution >= 4 is 15.9 Å². The smallest absolute Gasteiger partial charge is 0.237 e. The van der Waals surface area contributed by atoms with E-state index in [1.165, 1.54) is 5.56 Å². The summed E-state index contributed by atoms with van der Waals surface area (Å²) in [6.07, 6.45) is 2.85. The summed E-state index contributed by atoms with van der Waals surface area (Å²) in [5, 5.41) is 9.02. The highest BCUT2D eigenvalue weighted by atomic mass is 32.2. The first-order chi connectivity index (χ1) is 10.4. The topological polar surface area (TPSA) is 86.7 Å². The van der Waals surface area contributed by atoms with Crippen molar-refractivity contribution in [2.45, 2.75) is 19.4 Å². The van der Waals surface area contributed by atoms with Crippen LogP contribution in [0.5, 0.6) is 0 Å². The van der Waals surface area contributed by atoms with Gasteiger partial charge in [0.2, 0.25) is 15.9 Å². The van der Waals surface area contributed by atoms with Gasteiger partial charge in [0.25, 0.3) is 0 Å². The summed E-state index contributed by atoms with van der Waals surface area (Å²) in [7, 11) is -3.34. The molecule has 0 bridgehead atoms. The third kappa shape index (κ3) is 5.08.